The van der Waals surface area contributed by atoms with E-state index in [9.17, 15) is 9.90 Å². The van der Waals surface area contributed by atoms with Gasteiger partial charge in [0.15, 0.2) is 0 Å². The fraction of sp³-hybridized carbons (Fsp3) is 0.273. The van der Waals surface area contributed by atoms with Gasteiger partial charge in [-0.15, -0.1) is 12.6 Å². The van der Waals surface area contributed by atoms with Gasteiger partial charge in [0.05, 0.1) is 23.5 Å². The number of aromatic hydroxyl groups is 1. The van der Waals surface area contributed by atoms with E-state index in [0.29, 0.717) is 12.2 Å². The van der Waals surface area contributed by atoms with Crippen molar-refractivity contribution >= 4 is 18.6 Å². The summed E-state index contributed by atoms with van der Waals surface area (Å²) in [5.41, 5.74) is 0.677. The molecule has 0 fully saturated rings. The normalized spacial score (nSPS) is 9.56. The van der Waals surface area contributed by atoms with Crippen LogP contribution in [0.2, 0.25) is 0 Å². The Bertz CT molecular complexity index is 451. The summed E-state index contributed by atoms with van der Waals surface area (Å²) in [5, 5.41) is 18.4. The van der Waals surface area contributed by atoms with Crippen molar-refractivity contribution in [3.05, 3.63) is 23.3 Å². The SMILES string of the molecule is CCOC(=O)Cc1ccc(C#N)c(S)c1O. The molecule has 0 heterocycles. The molecule has 1 aromatic carbocycles. The first-order valence-electron chi connectivity index (χ1n) is 4.69. The minimum Gasteiger partial charge on any atom is -0.506 e. The first kappa shape index (κ1) is 12.4. The van der Waals surface area contributed by atoms with Gasteiger partial charge in [-0.05, 0) is 13.0 Å². The van der Waals surface area contributed by atoms with Gasteiger partial charge in [-0.1, -0.05) is 6.07 Å². The average Bonchev–Trinajstić information content (AvgIpc) is 2.25. The van der Waals surface area contributed by atoms with Crippen LogP contribution in [0.1, 0.15) is 18.1 Å². The second-order valence-electron chi connectivity index (χ2n) is 3.06. The van der Waals surface area contributed by atoms with Crippen molar-refractivity contribution in [2.45, 2.75) is 18.2 Å². The summed E-state index contributed by atoms with van der Waals surface area (Å²) < 4.78 is 4.76. The first-order chi connectivity index (χ1) is 7.60. The van der Waals surface area contributed by atoms with Gasteiger partial charge >= 0.3 is 5.97 Å². The van der Waals surface area contributed by atoms with E-state index in [0.717, 1.165) is 0 Å². The Morgan fingerprint density at radius 2 is 2.31 bits per heavy atom. The van der Waals surface area contributed by atoms with Crippen LogP contribution in [-0.4, -0.2) is 17.7 Å². The Morgan fingerprint density at radius 1 is 1.62 bits per heavy atom. The summed E-state index contributed by atoms with van der Waals surface area (Å²) in [6, 6.07) is 4.92. The Balaban J connectivity index is 2.96. The molecule has 0 aliphatic carbocycles. The number of hydrogen-bond donors (Lipinski definition) is 2. The van der Waals surface area contributed by atoms with Crippen LogP contribution in [0.5, 0.6) is 5.75 Å². The number of phenols is 1. The third-order valence-corrected chi connectivity index (χ3v) is 2.45. The van der Waals surface area contributed by atoms with E-state index in [1.165, 1.54) is 12.1 Å². The quantitative estimate of drug-likeness (QED) is 0.619. The number of nitrogens with zero attached hydrogens (tertiary/aromatic N) is 1. The highest BCUT2D eigenvalue weighted by Gasteiger charge is 2.13. The topological polar surface area (TPSA) is 70.3 Å². The van der Waals surface area contributed by atoms with Crippen LogP contribution in [0.4, 0.5) is 0 Å². The molecule has 0 aromatic heterocycles. The second kappa shape index (κ2) is 5.42. The predicted octanol–water partition coefficient (Wildman–Crippen LogP) is 1.66. The number of carbonyl (C=O) groups excluding carboxylic acids is 1. The summed E-state index contributed by atoms with van der Waals surface area (Å²) >= 11 is 4.01. The van der Waals surface area contributed by atoms with E-state index >= 15 is 0 Å². The number of ether oxygens (including phenoxy) is 1. The number of thiol groups is 1. The van der Waals surface area contributed by atoms with Crippen LogP contribution in [-0.2, 0) is 16.0 Å². The van der Waals surface area contributed by atoms with Crippen molar-refractivity contribution in [1.82, 2.24) is 0 Å². The van der Waals surface area contributed by atoms with Gasteiger partial charge in [-0.2, -0.15) is 5.26 Å². The van der Waals surface area contributed by atoms with E-state index in [2.05, 4.69) is 12.6 Å². The van der Waals surface area contributed by atoms with Gasteiger partial charge in [0.2, 0.25) is 0 Å². The summed E-state index contributed by atoms with van der Waals surface area (Å²) in [4.78, 5) is 11.4. The number of nitriles is 1. The van der Waals surface area contributed by atoms with Gasteiger partial charge in [0.25, 0.3) is 0 Å². The Hall–Kier alpha value is -1.67. The Kier molecular flexibility index (Phi) is 4.20. The summed E-state index contributed by atoms with van der Waals surface area (Å²) in [6.45, 7) is 2.00. The van der Waals surface area contributed by atoms with Crippen LogP contribution >= 0.6 is 12.6 Å². The highest BCUT2D eigenvalue weighted by atomic mass is 32.1. The molecule has 0 unspecified atom stereocenters. The number of hydrogen-bond acceptors (Lipinski definition) is 5. The molecular weight excluding hydrogens is 226 g/mol. The Labute approximate surface area is 98.9 Å². The van der Waals surface area contributed by atoms with Crippen molar-refractivity contribution in [2.75, 3.05) is 6.61 Å². The van der Waals surface area contributed by atoms with Crippen LogP contribution in [0.25, 0.3) is 0 Å². The molecule has 0 radical (unpaired) electrons. The molecule has 0 spiro atoms. The summed E-state index contributed by atoms with van der Waals surface area (Å²) in [6.07, 6.45) is -0.0288. The molecule has 1 N–H and O–H groups in total. The van der Waals surface area contributed by atoms with Gasteiger partial charge in [0, 0.05) is 5.56 Å². The van der Waals surface area contributed by atoms with Crippen molar-refractivity contribution in [2.24, 2.45) is 0 Å². The van der Waals surface area contributed by atoms with E-state index in [-0.39, 0.29) is 22.6 Å². The molecule has 0 atom stereocenters. The van der Waals surface area contributed by atoms with Crippen LogP contribution in [0.15, 0.2) is 17.0 Å². The molecule has 1 rings (SSSR count). The number of benzene rings is 1. The van der Waals surface area contributed by atoms with Crippen LogP contribution in [0, 0.1) is 11.3 Å². The van der Waals surface area contributed by atoms with Gasteiger partial charge < -0.3 is 9.84 Å². The second-order valence-corrected chi connectivity index (χ2v) is 3.51. The minimum absolute atomic E-state index is 0.0288. The van der Waals surface area contributed by atoms with Gasteiger partial charge in [-0.3, -0.25) is 4.79 Å². The highest BCUT2D eigenvalue weighted by Crippen LogP contribution is 2.29. The van der Waals surface area contributed by atoms with E-state index < -0.39 is 5.97 Å². The lowest BCUT2D eigenvalue weighted by molar-refractivity contribution is -0.142. The fourth-order valence-corrected chi connectivity index (χ4v) is 1.49. The lowest BCUT2D eigenvalue weighted by atomic mass is 10.1. The van der Waals surface area contributed by atoms with Crippen LogP contribution in [0.3, 0.4) is 0 Å². The maximum Gasteiger partial charge on any atom is 0.310 e. The molecule has 0 saturated heterocycles. The molecule has 16 heavy (non-hydrogen) atoms. The molecule has 1 aromatic rings. The van der Waals surface area contributed by atoms with Gasteiger partial charge in [-0.25, -0.2) is 0 Å². The molecular formula is C11H11NO3S. The molecule has 0 saturated carbocycles. The molecule has 4 nitrogen and oxygen atoms in total. The largest absolute Gasteiger partial charge is 0.506 e. The third kappa shape index (κ3) is 2.67. The van der Waals surface area contributed by atoms with Crippen molar-refractivity contribution in [3.63, 3.8) is 0 Å². The smallest absolute Gasteiger partial charge is 0.310 e. The molecule has 0 aliphatic heterocycles. The number of rotatable bonds is 3. The lowest BCUT2D eigenvalue weighted by Gasteiger charge is -2.07. The van der Waals surface area contributed by atoms with Crippen LogP contribution < -0.4 is 0 Å². The van der Waals surface area contributed by atoms with E-state index in [1.54, 1.807) is 6.92 Å². The van der Waals surface area contributed by atoms with Crippen molar-refractivity contribution in [1.29, 1.82) is 5.26 Å². The molecule has 5 heteroatoms. The molecule has 84 valence electrons. The zero-order chi connectivity index (χ0) is 12.1. The minimum atomic E-state index is -0.421. The number of carbonyl (C=O) groups is 1. The molecule has 0 amide bonds. The van der Waals surface area contributed by atoms with Gasteiger partial charge in [0.1, 0.15) is 11.8 Å². The van der Waals surface area contributed by atoms with Crippen molar-refractivity contribution < 1.29 is 14.6 Å². The fourth-order valence-electron chi connectivity index (χ4n) is 1.22. The van der Waals surface area contributed by atoms with E-state index in [4.69, 9.17) is 10.00 Å². The zero-order valence-corrected chi connectivity index (χ0v) is 9.62. The molecule has 0 bridgehead atoms. The molecule has 0 aliphatic rings. The lowest BCUT2D eigenvalue weighted by Crippen LogP contribution is -2.07. The maximum atomic E-state index is 11.2. The monoisotopic (exact) mass is 237 g/mol. The third-order valence-electron chi connectivity index (χ3n) is 2.00. The Morgan fingerprint density at radius 3 is 2.88 bits per heavy atom. The average molecular weight is 237 g/mol. The number of phenolic OH excluding ortho intramolecular Hbond substituents is 1. The first-order valence-corrected chi connectivity index (χ1v) is 5.14. The summed E-state index contributed by atoms with van der Waals surface area (Å²) in [5.74, 6) is -0.564. The zero-order valence-electron chi connectivity index (χ0n) is 8.73. The maximum absolute atomic E-state index is 11.2. The van der Waals surface area contributed by atoms with E-state index in [1.807, 2.05) is 6.07 Å². The predicted molar refractivity (Wildman–Crippen MR) is 60.4 cm³/mol. The highest BCUT2D eigenvalue weighted by molar-refractivity contribution is 7.80. The number of esters is 1. The standard InChI is InChI=1S/C11H11NO3S/c1-2-15-9(13)5-7-3-4-8(6-12)11(16)10(7)14/h3-4,14,16H,2,5H2,1H3. The summed E-state index contributed by atoms with van der Waals surface area (Å²) in [7, 11) is 0. The van der Waals surface area contributed by atoms with Crippen molar-refractivity contribution in [3.8, 4) is 11.8 Å².